The molecule has 0 spiro atoms. The summed E-state index contributed by atoms with van der Waals surface area (Å²) in [6.07, 6.45) is 1.74. The van der Waals surface area contributed by atoms with Crippen LogP contribution in [0.5, 0.6) is 0 Å². The molecule has 0 unspecified atom stereocenters. The van der Waals surface area contributed by atoms with Crippen molar-refractivity contribution >= 4 is 57.3 Å². The van der Waals surface area contributed by atoms with Crippen LogP contribution >= 0.6 is 46.3 Å². The van der Waals surface area contributed by atoms with Crippen LogP contribution in [0.2, 0.25) is 10.0 Å². The number of nitrogens with one attached hydrogen (secondary N) is 2. The van der Waals surface area contributed by atoms with Crippen molar-refractivity contribution in [2.24, 2.45) is 0 Å². The Morgan fingerprint density at radius 1 is 1.46 bits per heavy atom. The maximum absolute atomic E-state index is 12.1. The van der Waals surface area contributed by atoms with E-state index in [-0.39, 0.29) is 17.7 Å². The van der Waals surface area contributed by atoms with Gasteiger partial charge in [-0.2, -0.15) is 0 Å². The van der Waals surface area contributed by atoms with E-state index in [1.165, 1.54) is 23.1 Å². The highest BCUT2D eigenvalue weighted by Crippen LogP contribution is 2.27. The molecule has 0 saturated carbocycles. The van der Waals surface area contributed by atoms with Gasteiger partial charge >= 0.3 is 0 Å². The lowest BCUT2D eigenvalue weighted by Gasteiger charge is -2.15. The van der Waals surface area contributed by atoms with Gasteiger partial charge in [-0.05, 0) is 24.6 Å². The number of rotatable bonds is 8. The number of nitrogens with zero attached hydrogens (tertiary/aromatic N) is 2. The molecule has 128 valence electrons. The molecule has 5 nitrogen and oxygen atoms in total. The van der Waals surface area contributed by atoms with Gasteiger partial charge in [-0.15, -0.1) is 16.8 Å². The standard InChI is InChI=1S/C15H16Cl2N4OS2/c1-3-6-18-14-20-21-15(24-14)23-8-13(22)19-9(2)11-5-4-10(16)7-12(11)17/h3-5,7,9H,1,6,8H2,2H3,(H,18,20)(H,19,22)/t9-/m1/s1. The Morgan fingerprint density at radius 2 is 2.25 bits per heavy atom. The molecule has 1 atom stereocenters. The van der Waals surface area contributed by atoms with Crippen molar-refractivity contribution in [1.82, 2.24) is 15.5 Å². The summed E-state index contributed by atoms with van der Waals surface area (Å²) >= 11 is 14.8. The van der Waals surface area contributed by atoms with Gasteiger partial charge in [-0.1, -0.05) is 58.4 Å². The number of thioether (sulfide) groups is 1. The molecule has 0 saturated heterocycles. The van der Waals surface area contributed by atoms with E-state index >= 15 is 0 Å². The number of carbonyl (C=O) groups is 1. The van der Waals surface area contributed by atoms with Crippen molar-refractivity contribution in [3.63, 3.8) is 0 Å². The molecule has 0 aliphatic rings. The van der Waals surface area contributed by atoms with E-state index < -0.39 is 0 Å². The van der Waals surface area contributed by atoms with Gasteiger partial charge in [0.05, 0.1) is 11.8 Å². The summed E-state index contributed by atoms with van der Waals surface area (Å²) in [6.45, 7) is 6.12. The number of hydrogen-bond acceptors (Lipinski definition) is 6. The molecule has 1 amide bonds. The lowest BCUT2D eigenvalue weighted by Crippen LogP contribution is -2.28. The van der Waals surface area contributed by atoms with Gasteiger partial charge < -0.3 is 10.6 Å². The van der Waals surface area contributed by atoms with Gasteiger partial charge in [0, 0.05) is 16.6 Å². The van der Waals surface area contributed by atoms with Gasteiger partial charge in [0.1, 0.15) is 0 Å². The summed E-state index contributed by atoms with van der Waals surface area (Å²) in [7, 11) is 0. The molecule has 2 rings (SSSR count). The normalized spacial score (nSPS) is 11.8. The fourth-order valence-corrected chi connectivity index (χ4v) is 3.98. The largest absolute Gasteiger partial charge is 0.357 e. The van der Waals surface area contributed by atoms with Crippen LogP contribution in [0.1, 0.15) is 18.5 Å². The molecule has 0 fully saturated rings. The highest BCUT2D eigenvalue weighted by atomic mass is 35.5. The Morgan fingerprint density at radius 3 is 2.96 bits per heavy atom. The average molecular weight is 403 g/mol. The zero-order valence-electron chi connectivity index (χ0n) is 12.9. The van der Waals surface area contributed by atoms with Gasteiger partial charge in [-0.3, -0.25) is 4.79 Å². The number of halogens is 2. The first-order chi connectivity index (χ1) is 11.5. The zero-order valence-corrected chi connectivity index (χ0v) is 16.0. The lowest BCUT2D eigenvalue weighted by atomic mass is 10.1. The summed E-state index contributed by atoms with van der Waals surface area (Å²) in [5.74, 6) is 0.153. The molecule has 1 aromatic heterocycles. The number of amides is 1. The van der Waals surface area contributed by atoms with Crippen LogP contribution in [0, 0.1) is 0 Å². The minimum absolute atomic E-state index is 0.102. The summed E-state index contributed by atoms with van der Waals surface area (Å²) in [5, 5.41) is 15.8. The minimum Gasteiger partial charge on any atom is -0.357 e. The molecule has 0 aliphatic carbocycles. The van der Waals surface area contributed by atoms with Crippen LogP contribution in [0.25, 0.3) is 0 Å². The Balaban J connectivity index is 1.84. The van der Waals surface area contributed by atoms with Gasteiger partial charge in [0.25, 0.3) is 0 Å². The van der Waals surface area contributed by atoms with Gasteiger partial charge in [-0.25, -0.2) is 0 Å². The molecule has 9 heteroatoms. The average Bonchev–Trinajstić information content (AvgIpc) is 2.98. The Bertz CT molecular complexity index is 723. The maximum Gasteiger partial charge on any atom is 0.230 e. The summed E-state index contributed by atoms with van der Waals surface area (Å²) < 4.78 is 0.730. The van der Waals surface area contributed by atoms with Crippen LogP contribution in [-0.4, -0.2) is 28.4 Å². The highest BCUT2D eigenvalue weighted by Gasteiger charge is 2.14. The van der Waals surface area contributed by atoms with Gasteiger partial charge in [0.15, 0.2) is 4.34 Å². The fraction of sp³-hybridized carbons (Fsp3) is 0.267. The molecule has 0 aliphatic heterocycles. The maximum atomic E-state index is 12.1. The molecule has 24 heavy (non-hydrogen) atoms. The molecular formula is C15H16Cl2N4OS2. The van der Waals surface area contributed by atoms with E-state index in [0.29, 0.717) is 21.7 Å². The second kappa shape index (κ2) is 9.27. The van der Waals surface area contributed by atoms with Crippen LogP contribution in [0.15, 0.2) is 35.2 Å². The first-order valence-electron chi connectivity index (χ1n) is 7.05. The second-order valence-corrected chi connectivity index (χ2v) is 7.83. The topological polar surface area (TPSA) is 66.9 Å². The van der Waals surface area contributed by atoms with E-state index in [2.05, 4.69) is 27.4 Å². The van der Waals surface area contributed by atoms with E-state index in [0.717, 1.165) is 9.90 Å². The Hall–Kier alpha value is -1.28. The second-order valence-electron chi connectivity index (χ2n) is 4.79. The summed E-state index contributed by atoms with van der Waals surface area (Å²) in [6, 6.07) is 5.01. The molecular weight excluding hydrogens is 387 g/mol. The third kappa shape index (κ3) is 5.66. The first-order valence-corrected chi connectivity index (χ1v) is 9.60. The Labute approximate surface area is 158 Å². The van der Waals surface area contributed by atoms with Crippen molar-refractivity contribution in [2.45, 2.75) is 17.3 Å². The minimum atomic E-state index is -0.206. The van der Waals surface area contributed by atoms with Crippen LogP contribution < -0.4 is 10.6 Å². The molecule has 2 aromatic rings. The monoisotopic (exact) mass is 402 g/mol. The van der Waals surface area contributed by atoms with Crippen molar-refractivity contribution in [1.29, 1.82) is 0 Å². The number of aromatic nitrogens is 2. The van der Waals surface area contributed by atoms with Crippen molar-refractivity contribution in [3.8, 4) is 0 Å². The van der Waals surface area contributed by atoms with Crippen molar-refractivity contribution in [3.05, 3.63) is 46.5 Å². The fourth-order valence-electron chi connectivity index (χ4n) is 1.84. The third-order valence-electron chi connectivity index (χ3n) is 2.94. The number of carbonyl (C=O) groups excluding carboxylic acids is 1. The van der Waals surface area contributed by atoms with E-state index in [4.69, 9.17) is 23.2 Å². The van der Waals surface area contributed by atoms with Crippen LogP contribution in [0.3, 0.4) is 0 Å². The van der Waals surface area contributed by atoms with Crippen LogP contribution in [-0.2, 0) is 4.79 Å². The molecule has 2 N–H and O–H groups in total. The Kier molecular flexibility index (Phi) is 7.36. The number of anilines is 1. The highest BCUT2D eigenvalue weighted by molar-refractivity contribution is 8.01. The van der Waals surface area contributed by atoms with E-state index in [1.807, 2.05) is 13.0 Å². The van der Waals surface area contributed by atoms with Crippen LogP contribution in [0.4, 0.5) is 5.13 Å². The first kappa shape index (κ1) is 19.1. The molecule has 0 bridgehead atoms. The van der Waals surface area contributed by atoms with Gasteiger partial charge in [0.2, 0.25) is 11.0 Å². The zero-order chi connectivity index (χ0) is 17.5. The lowest BCUT2D eigenvalue weighted by molar-refractivity contribution is -0.119. The predicted octanol–water partition coefficient (Wildman–Crippen LogP) is 4.41. The smallest absolute Gasteiger partial charge is 0.230 e. The van der Waals surface area contributed by atoms with Crippen molar-refractivity contribution < 1.29 is 4.79 Å². The third-order valence-corrected chi connectivity index (χ3v) is 5.51. The molecule has 0 radical (unpaired) electrons. The number of hydrogen-bond donors (Lipinski definition) is 2. The summed E-state index contributed by atoms with van der Waals surface area (Å²) in [5.41, 5.74) is 0.825. The molecule has 1 aromatic carbocycles. The molecule has 1 heterocycles. The SMILES string of the molecule is C=CCNc1nnc(SCC(=O)N[C@H](C)c2ccc(Cl)cc2Cl)s1. The number of benzene rings is 1. The van der Waals surface area contributed by atoms with Crippen molar-refractivity contribution in [2.75, 3.05) is 17.6 Å². The summed E-state index contributed by atoms with van der Waals surface area (Å²) in [4.78, 5) is 12.1. The van der Waals surface area contributed by atoms with E-state index in [1.54, 1.807) is 18.2 Å². The predicted molar refractivity (Wildman–Crippen MR) is 102 cm³/mol. The van der Waals surface area contributed by atoms with E-state index in [9.17, 15) is 4.79 Å². The quantitative estimate of drug-likeness (QED) is 0.505.